The molecule has 1 heterocycles. The number of carboxylic acid groups (broad SMARTS) is 1. The molecular formula is C16H18N2O5S. The molecule has 128 valence electrons. The van der Waals surface area contributed by atoms with Crippen LogP contribution in [0.3, 0.4) is 0 Å². The predicted octanol–water partition coefficient (Wildman–Crippen LogP) is 2.33. The number of nitrogens with zero attached hydrogens (tertiary/aromatic N) is 1. The fourth-order valence-corrected chi connectivity index (χ4v) is 2.42. The molecule has 0 fully saturated rings. The van der Waals surface area contributed by atoms with Crippen LogP contribution in [-0.2, 0) is 11.3 Å². The van der Waals surface area contributed by atoms with Crippen LogP contribution in [0.1, 0.15) is 28.8 Å². The van der Waals surface area contributed by atoms with Crippen molar-refractivity contribution in [1.29, 1.82) is 0 Å². The standard InChI is InChI=1S/C16H18N2O5S/c1-2-7-22-11-3-5-12(6-4-11)23-9-14(19)17-8-15-18-13(10-24-15)16(20)21/h3-6,10H,2,7-9H2,1H3,(H,17,19)(H,20,21). The first-order chi connectivity index (χ1) is 11.6. The summed E-state index contributed by atoms with van der Waals surface area (Å²) in [5.41, 5.74) is -0.0223. The molecule has 24 heavy (non-hydrogen) atoms. The third kappa shape index (κ3) is 5.54. The summed E-state index contributed by atoms with van der Waals surface area (Å²) < 4.78 is 10.8. The van der Waals surface area contributed by atoms with Gasteiger partial charge in [0.15, 0.2) is 12.3 Å². The summed E-state index contributed by atoms with van der Waals surface area (Å²) in [7, 11) is 0. The van der Waals surface area contributed by atoms with Crippen molar-refractivity contribution >= 4 is 23.2 Å². The molecule has 2 aromatic rings. The van der Waals surface area contributed by atoms with Crippen LogP contribution in [0.15, 0.2) is 29.6 Å². The molecule has 0 saturated heterocycles. The van der Waals surface area contributed by atoms with Gasteiger partial charge in [0, 0.05) is 5.38 Å². The van der Waals surface area contributed by atoms with Crippen molar-refractivity contribution in [2.75, 3.05) is 13.2 Å². The van der Waals surface area contributed by atoms with Gasteiger partial charge in [-0.2, -0.15) is 0 Å². The summed E-state index contributed by atoms with van der Waals surface area (Å²) in [5, 5.41) is 13.4. The van der Waals surface area contributed by atoms with Gasteiger partial charge in [0.05, 0.1) is 13.2 Å². The van der Waals surface area contributed by atoms with Gasteiger partial charge in [-0.15, -0.1) is 11.3 Å². The van der Waals surface area contributed by atoms with Crippen molar-refractivity contribution in [3.05, 3.63) is 40.3 Å². The molecule has 2 N–H and O–H groups in total. The quantitative estimate of drug-likeness (QED) is 0.720. The average Bonchev–Trinajstić information content (AvgIpc) is 3.06. The van der Waals surface area contributed by atoms with Gasteiger partial charge >= 0.3 is 5.97 Å². The Morgan fingerprint density at radius 1 is 1.21 bits per heavy atom. The minimum absolute atomic E-state index is 0.0223. The smallest absolute Gasteiger partial charge is 0.355 e. The van der Waals surface area contributed by atoms with Gasteiger partial charge in [-0.1, -0.05) is 6.92 Å². The number of hydrogen-bond donors (Lipinski definition) is 2. The molecule has 2 rings (SSSR count). The first kappa shape index (κ1) is 17.7. The normalized spacial score (nSPS) is 10.2. The molecule has 0 saturated carbocycles. The van der Waals surface area contributed by atoms with E-state index in [0.717, 1.165) is 12.2 Å². The average molecular weight is 350 g/mol. The van der Waals surface area contributed by atoms with E-state index in [-0.39, 0.29) is 24.8 Å². The zero-order valence-electron chi connectivity index (χ0n) is 13.2. The topological polar surface area (TPSA) is 97.8 Å². The van der Waals surface area contributed by atoms with Crippen molar-refractivity contribution in [3.8, 4) is 11.5 Å². The van der Waals surface area contributed by atoms with Crippen LogP contribution in [0.4, 0.5) is 0 Å². The largest absolute Gasteiger partial charge is 0.494 e. The number of carbonyl (C=O) groups excluding carboxylic acids is 1. The van der Waals surface area contributed by atoms with E-state index in [1.54, 1.807) is 24.3 Å². The number of hydrogen-bond acceptors (Lipinski definition) is 6. The van der Waals surface area contributed by atoms with E-state index in [2.05, 4.69) is 10.3 Å². The minimum Gasteiger partial charge on any atom is -0.494 e. The molecule has 0 aliphatic rings. The number of carboxylic acids is 1. The second-order valence-electron chi connectivity index (χ2n) is 4.82. The summed E-state index contributed by atoms with van der Waals surface area (Å²) in [4.78, 5) is 26.3. The first-order valence-electron chi connectivity index (χ1n) is 7.38. The Balaban J connectivity index is 1.73. The van der Waals surface area contributed by atoms with Crippen LogP contribution < -0.4 is 14.8 Å². The molecule has 1 aromatic heterocycles. The maximum absolute atomic E-state index is 11.7. The maximum Gasteiger partial charge on any atom is 0.355 e. The van der Waals surface area contributed by atoms with Gasteiger partial charge in [-0.3, -0.25) is 4.79 Å². The first-order valence-corrected chi connectivity index (χ1v) is 8.26. The molecule has 0 aliphatic heterocycles. The van der Waals surface area contributed by atoms with Crippen LogP contribution >= 0.6 is 11.3 Å². The summed E-state index contributed by atoms with van der Waals surface area (Å²) in [6.07, 6.45) is 0.936. The van der Waals surface area contributed by atoms with Crippen molar-refractivity contribution < 1.29 is 24.2 Å². The lowest BCUT2D eigenvalue weighted by Gasteiger charge is -2.08. The van der Waals surface area contributed by atoms with Crippen molar-refractivity contribution in [1.82, 2.24) is 10.3 Å². The van der Waals surface area contributed by atoms with E-state index in [1.165, 1.54) is 16.7 Å². The predicted molar refractivity (Wildman–Crippen MR) is 88.6 cm³/mol. The Bertz CT molecular complexity index is 684. The molecule has 1 amide bonds. The van der Waals surface area contributed by atoms with Crippen LogP contribution in [0.2, 0.25) is 0 Å². The number of ether oxygens (including phenoxy) is 2. The van der Waals surface area contributed by atoms with E-state index in [0.29, 0.717) is 17.4 Å². The van der Waals surface area contributed by atoms with Crippen molar-refractivity contribution in [2.24, 2.45) is 0 Å². The Morgan fingerprint density at radius 3 is 2.46 bits per heavy atom. The van der Waals surface area contributed by atoms with Crippen LogP contribution in [0.25, 0.3) is 0 Å². The molecule has 8 heteroatoms. The second-order valence-corrected chi connectivity index (χ2v) is 5.76. The summed E-state index contributed by atoms with van der Waals surface area (Å²) in [6, 6.07) is 7.04. The number of rotatable bonds is 9. The van der Waals surface area contributed by atoms with Crippen LogP contribution in [-0.4, -0.2) is 35.2 Å². The van der Waals surface area contributed by atoms with Gasteiger partial charge in [0.25, 0.3) is 5.91 Å². The summed E-state index contributed by atoms with van der Waals surface area (Å²) in [5.74, 6) is -0.0741. The minimum atomic E-state index is -1.08. The molecule has 0 spiro atoms. The van der Waals surface area contributed by atoms with E-state index in [1.807, 2.05) is 6.92 Å². The maximum atomic E-state index is 11.7. The SMILES string of the molecule is CCCOc1ccc(OCC(=O)NCc2nc(C(=O)O)cs2)cc1. The molecule has 0 radical (unpaired) electrons. The Kier molecular flexibility index (Phi) is 6.56. The lowest BCUT2D eigenvalue weighted by Crippen LogP contribution is -2.28. The molecule has 1 aromatic carbocycles. The van der Waals surface area contributed by atoms with Crippen LogP contribution in [0, 0.1) is 0 Å². The number of aromatic nitrogens is 1. The highest BCUT2D eigenvalue weighted by Crippen LogP contribution is 2.17. The lowest BCUT2D eigenvalue weighted by atomic mass is 10.3. The molecule has 0 atom stereocenters. The highest BCUT2D eigenvalue weighted by Gasteiger charge is 2.10. The number of aromatic carboxylic acids is 1. The number of amides is 1. The zero-order valence-corrected chi connectivity index (χ0v) is 14.0. The molecular weight excluding hydrogens is 332 g/mol. The number of benzene rings is 1. The lowest BCUT2D eigenvalue weighted by molar-refractivity contribution is -0.123. The fourth-order valence-electron chi connectivity index (χ4n) is 1.72. The fraction of sp³-hybridized carbons (Fsp3) is 0.312. The highest BCUT2D eigenvalue weighted by molar-refractivity contribution is 7.09. The Morgan fingerprint density at radius 2 is 1.88 bits per heavy atom. The molecule has 0 unspecified atom stereocenters. The third-order valence-corrected chi connectivity index (χ3v) is 3.72. The number of thiazole rings is 1. The van der Waals surface area contributed by atoms with Gasteiger partial charge in [0.1, 0.15) is 16.5 Å². The van der Waals surface area contributed by atoms with Crippen molar-refractivity contribution in [3.63, 3.8) is 0 Å². The van der Waals surface area contributed by atoms with Gasteiger partial charge < -0.3 is 19.9 Å². The van der Waals surface area contributed by atoms with E-state index < -0.39 is 5.97 Å². The molecule has 7 nitrogen and oxygen atoms in total. The Hall–Kier alpha value is -2.61. The van der Waals surface area contributed by atoms with Crippen molar-refractivity contribution in [2.45, 2.75) is 19.9 Å². The van der Waals surface area contributed by atoms with Gasteiger partial charge in [-0.25, -0.2) is 9.78 Å². The van der Waals surface area contributed by atoms with Gasteiger partial charge in [0.2, 0.25) is 0 Å². The van der Waals surface area contributed by atoms with E-state index in [9.17, 15) is 9.59 Å². The number of carbonyl (C=O) groups is 2. The Labute approximate surface area is 143 Å². The van der Waals surface area contributed by atoms with E-state index >= 15 is 0 Å². The monoisotopic (exact) mass is 350 g/mol. The highest BCUT2D eigenvalue weighted by atomic mass is 32.1. The van der Waals surface area contributed by atoms with E-state index in [4.69, 9.17) is 14.6 Å². The van der Waals surface area contributed by atoms with Gasteiger partial charge in [-0.05, 0) is 30.7 Å². The van der Waals surface area contributed by atoms with Crippen LogP contribution in [0.5, 0.6) is 11.5 Å². The second kappa shape index (κ2) is 8.88. The zero-order chi connectivity index (χ0) is 17.4. The number of nitrogens with one attached hydrogen (secondary N) is 1. The third-order valence-electron chi connectivity index (χ3n) is 2.87. The summed E-state index contributed by atoms with van der Waals surface area (Å²) in [6.45, 7) is 2.73. The summed E-state index contributed by atoms with van der Waals surface area (Å²) >= 11 is 1.18. The molecule has 0 aliphatic carbocycles. The molecule has 0 bridgehead atoms.